The molecule has 0 unspecified atom stereocenters. The molecule has 0 saturated carbocycles. The Morgan fingerprint density at radius 3 is 2.38 bits per heavy atom. The van der Waals surface area contributed by atoms with Crippen molar-refractivity contribution in [3.05, 3.63) is 59.6 Å². The van der Waals surface area contributed by atoms with Gasteiger partial charge in [-0.05, 0) is 30.3 Å². The molecular formula is C19H19ClN2O3S. The van der Waals surface area contributed by atoms with Crippen LogP contribution in [0, 0.1) is 0 Å². The molecule has 136 valence electrons. The van der Waals surface area contributed by atoms with Crippen LogP contribution >= 0.6 is 11.6 Å². The predicted octanol–water partition coefficient (Wildman–Crippen LogP) is 4.37. The molecule has 3 aromatic rings. The molecule has 0 aliphatic heterocycles. The Hall–Kier alpha value is -2.44. The molecule has 0 aliphatic rings. The van der Waals surface area contributed by atoms with Gasteiger partial charge >= 0.3 is 0 Å². The van der Waals surface area contributed by atoms with Gasteiger partial charge < -0.3 is 9.64 Å². The fourth-order valence-corrected chi connectivity index (χ4v) is 4.30. The van der Waals surface area contributed by atoms with E-state index < -0.39 is 10.0 Å². The molecule has 0 fully saturated rings. The Morgan fingerprint density at radius 1 is 1.00 bits per heavy atom. The number of hydrogen-bond acceptors (Lipinski definition) is 4. The molecule has 0 aromatic heterocycles. The summed E-state index contributed by atoms with van der Waals surface area (Å²) in [6.07, 6.45) is 0. The highest BCUT2D eigenvalue weighted by Gasteiger charge is 2.20. The Balaban J connectivity index is 2.14. The SMILES string of the molecule is COc1ccc(Cl)cc1NS(=O)(=O)c1cccc2c(N(C)C)cccc12. The lowest BCUT2D eigenvalue weighted by molar-refractivity contribution is 0.417. The summed E-state index contributed by atoms with van der Waals surface area (Å²) in [5.41, 5.74) is 1.24. The highest BCUT2D eigenvalue weighted by molar-refractivity contribution is 7.93. The minimum atomic E-state index is -3.84. The second-order valence-electron chi connectivity index (χ2n) is 5.97. The van der Waals surface area contributed by atoms with Crippen LogP contribution in [0.3, 0.4) is 0 Å². The summed E-state index contributed by atoms with van der Waals surface area (Å²) in [6.45, 7) is 0. The number of nitrogens with one attached hydrogen (secondary N) is 1. The van der Waals surface area contributed by atoms with E-state index in [9.17, 15) is 8.42 Å². The molecule has 1 N–H and O–H groups in total. The molecule has 0 saturated heterocycles. The average molecular weight is 391 g/mol. The molecule has 0 atom stereocenters. The van der Waals surface area contributed by atoms with Crippen molar-refractivity contribution in [1.82, 2.24) is 0 Å². The molecular weight excluding hydrogens is 372 g/mol. The zero-order chi connectivity index (χ0) is 18.9. The Morgan fingerprint density at radius 2 is 1.69 bits per heavy atom. The van der Waals surface area contributed by atoms with E-state index in [0.717, 1.165) is 11.1 Å². The first-order chi connectivity index (χ1) is 12.3. The van der Waals surface area contributed by atoms with E-state index in [4.69, 9.17) is 16.3 Å². The molecule has 3 rings (SSSR count). The lowest BCUT2D eigenvalue weighted by Crippen LogP contribution is -2.15. The second-order valence-corrected chi connectivity index (χ2v) is 8.06. The number of nitrogens with zero attached hydrogens (tertiary/aromatic N) is 1. The van der Waals surface area contributed by atoms with Crippen LogP contribution in [0.25, 0.3) is 10.8 Å². The fourth-order valence-electron chi connectivity index (χ4n) is 2.85. The lowest BCUT2D eigenvalue weighted by Gasteiger charge is -2.17. The molecule has 0 spiro atoms. The summed E-state index contributed by atoms with van der Waals surface area (Å²) >= 11 is 6.00. The zero-order valence-corrected chi connectivity index (χ0v) is 16.2. The molecule has 0 aliphatic carbocycles. The quantitative estimate of drug-likeness (QED) is 0.702. The van der Waals surface area contributed by atoms with Gasteiger partial charge in [-0.2, -0.15) is 0 Å². The van der Waals surface area contributed by atoms with E-state index in [-0.39, 0.29) is 4.90 Å². The smallest absolute Gasteiger partial charge is 0.262 e. The maximum Gasteiger partial charge on any atom is 0.262 e. The molecule has 3 aromatic carbocycles. The van der Waals surface area contributed by atoms with Crippen molar-refractivity contribution in [3.63, 3.8) is 0 Å². The number of sulfonamides is 1. The van der Waals surface area contributed by atoms with E-state index in [1.165, 1.54) is 13.2 Å². The number of benzene rings is 3. The summed E-state index contributed by atoms with van der Waals surface area (Å²) in [6, 6.07) is 15.6. The number of halogens is 1. The number of rotatable bonds is 5. The van der Waals surface area contributed by atoms with Gasteiger partial charge in [0.15, 0.2) is 0 Å². The van der Waals surface area contributed by atoms with Gasteiger partial charge in [0.1, 0.15) is 5.75 Å². The summed E-state index contributed by atoms with van der Waals surface area (Å²) in [4.78, 5) is 2.15. The largest absolute Gasteiger partial charge is 0.495 e. The summed E-state index contributed by atoms with van der Waals surface area (Å²) < 4.78 is 33.9. The highest BCUT2D eigenvalue weighted by Crippen LogP contribution is 2.33. The van der Waals surface area contributed by atoms with Crippen molar-refractivity contribution in [3.8, 4) is 5.75 Å². The third kappa shape index (κ3) is 3.43. The number of hydrogen-bond donors (Lipinski definition) is 1. The minimum absolute atomic E-state index is 0.195. The Labute approximate surface area is 158 Å². The highest BCUT2D eigenvalue weighted by atomic mass is 35.5. The maximum absolute atomic E-state index is 13.1. The molecule has 26 heavy (non-hydrogen) atoms. The maximum atomic E-state index is 13.1. The van der Waals surface area contributed by atoms with Crippen LogP contribution in [0.2, 0.25) is 5.02 Å². The first-order valence-electron chi connectivity index (χ1n) is 7.89. The zero-order valence-electron chi connectivity index (χ0n) is 14.7. The van der Waals surface area contributed by atoms with Gasteiger partial charge in [-0.1, -0.05) is 35.9 Å². The first kappa shape index (κ1) is 18.4. The number of ether oxygens (including phenoxy) is 1. The van der Waals surface area contributed by atoms with Crippen molar-refractivity contribution in [2.75, 3.05) is 30.8 Å². The monoisotopic (exact) mass is 390 g/mol. The summed E-state index contributed by atoms with van der Waals surface area (Å²) in [5.74, 6) is 0.396. The number of methoxy groups -OCH3 is 1. The van der Waals surface area contributed by atoms with Crippen molar-refractivity contribution >= 4 is 43.8 Å². The van der Waals surface area contributed by atoms with Crippen molar-refractivity contribution in [2.24, 2.45) is 0 Å². The number of anilines is 2. The third-order valence-electron chi connectivity index (χ3n) is 4.04. The van der Waals surface area contributed by atoms with Crippen LogP contribution < -0.4 is 14.4 Å². The van der Waals surface area contributed by atoms with Gasteiger partial charge in [-0.3, -0.25) is 4.72 Å². The number of fused-ring (bicyclic) bond motifs is 1. The van der Waals surface area contributed by atoms with Crippen LogP contribution in [0.4, 0.5) is 11.4 Å². The van der Waals surface area contributed by atoms with Gasteiger partial charge in [0.25, 0.3) is 10.0 Å². The molecule has 0 amide bonds. The van der Waals surface area contributed by atoms with Crippen molar-refractivity contribution in [1.29, 1.82) is 0 Å². The van der Waals surface area contributed by atoms with Crippen LogP contribution in [0.15, 0.2) is 59.5 Å². The lowest BCUT2D eigenvalue weighted by atomic mass is 10.1. The molecule has 0 heterocycles. The van der Waals surface area contributed by atoms with E-state index in [1.54, 1.807) is 30.3 Å². The van der Waals surface area contributed by atoms with E-state index >= 15 is 0 Å². The van der Waals surface area contributed by atoms with Crippen LogP contribution in [0.1, 0.15) is 0 Å². The topological polar surface area (TPSA) is 58.6 Å². The standard InChI is InChI=1S/C19H19ClN2O3S/c1-22(2)17-8-4-7-15-14(17)6-5-9-19(15)26(23,24)21-16-12-13(20)10-11-18(16)25-3/h4-12,21H,1-3H3. The van der Waals surface area contributed by atoms with Crippen LogP contribution in [0.5, 0.6) is 5.75 Å². The van der Waals surface area contributed by atoms with Gasteiger partial charge in [0, 0.05) is 35.6 Å². The molecule has 7 heteroatoms. The summed E-state index contributed by atoms with van der Waals surface area (Å²) in [7, 11) is 1.48. The van der Waals surface area contributed by atoms with Gasteiger partial charge in [0.05, 0.1) is 17.7 Å². The van der Waals surface area contributed by atoms with Gasteiger partial charge in [0.2, 0.25) is 0 Å². The van der Waals surface area contributed by atoms with E-state index in [2.05, 4.69) is 4.72 Å². The second kappa shape index (κ2) is 7.05. The Bertz CT molecular complexity index is 1070. The minimum Gasteiger partial charge on any atom is -0.495 e. The first-order valence-corrected chi connectivity index (χ1v) is 9.75. The third-order valence-corrected chi connectivity index (χ3v) is 5.69. The molecule has 0 bridgehead atoms. The summed E-state index contributed by atoms with van der Waals surface area (Å²) in [5, 5.41) is 1.92. The van der Waals surface area contributed by atoms with Crippen LogP contribution in [-0.2, 0) is 10.0 Å². The molecule has 5 nitrogen and oxygen atoms in total. The van der Waals surface area contributed by atoms with Crippen molar-refractivity contribution < 1.29 is 13.2 Å². The average Bonchev–Trinajstić information content (AvgIpc) is 2.60. The Kier molecular flexibility index (Phi) is 4.98. The van der Waals surface area contributed by atoms with E-state index in [0.29, 0.717) is 21.8 Å². The normalized spacial score (nSPS) is 11.4. The van der Waals surface area contributed by atoms with Crippen molar-refractivity contribution in [2.45, 2.75) is 4.90 Å². The van der Waals surface area contributed by atoms with Gasteiger partial charge in [-0.15, -0.1) is 0 Å². The predicted molar refractivity (Wildman–Crippen MR) is 107 cm³/mol. The fraction of sp³-hybridized carbons (Fsp3) is 0.158. The van der Waals surface area contributed by atoms with Gasteiger partial charge in [-0.25, -0.2) is 8.42 Å². The molecule has 0 radical (unpaired) electrons. The van der Waals surface area contributed by atoms with Crippen LogP contribution in [-0.4, -0.2) is 29.6 Å². The van der Waals surface area contributed by atoms with E-state index in [1.807, 2.05) is 37.2 Å².